The normalized spacial score (nSPS) is 16.6. The summed E-state index contributed by atoms with van der Waals surface area (Å²) in [6.45, 7) is 9.41. The second kappa shape index (κ2) is 6.92. The summed E-state index contributed by atoms with van der Waals surface area (Å²) in [4.78, 5) is 2.50. The van der Waals surface area contributed by atoms with Gasteiger partial charge in [-0.1, -0.05) is 6.07 Å². The Balaban J connectivity index is 1.86. The van der Waals surface area contributed by atoms with Gasteiger partial charge in [-0.25, -0.2) is 0 Å². The van der Waals surface area contributed by atoms with E-state index in [1.807, 2.05) is 0 Å². The molecule has 2 rings (SSSR count). The van der Waals surface area contributed by atoms with Crippen LogP contribution in [-0.2, 0) is 11.2 Å². The molecule has 3 heteroatoms. The highest BCUT2D eigenvalue weighted by Crippen LogP contribution is 2.23. The van der Waals surface area contributed by atoms with E-state index in [0.29, 0.717) is 0 Å². The highest BCUT2D eigenvalue weighted by molar-refractivity contribution is 5.41. The average Bonchev–Trinajstić information content (AvgIpc) is 2.43. The lowest BCUT2D eigenvalue weighted by molar-refractivity contribution is 0.0374. The van der Waals surface area contributed by atoms with Crippen LogP contribution >= 0.6 is 0 Å². The molecule has 1 saturated heterocycles. The Hall–Kier alpha value is -1.06. The summed E-state index contributed by atoms with van der Waals surface area (Å²) in [6, 6.07) is 4.42. The Morgan fingerprint density at radius 1 is 1.16 bits per heavy atom. The van der Waals surface area contributed by atoms with E-state index in [4.69, 9.17) is 9.47 Å². The molecule has 3 nitrogen and oxygen atoms in total. The van der Waals surface area contributed by atoms with E-state index in [0.717, 1.165) is 38.5 Å². The van der Waals surface area contributed by atoms with E-state index in [9.17, 15) is 0 Å². The molecule has 0 N–H and O–H groups in total. The van der Waals surface area contributed by atoms with Crippen molar-refractivity contribution in [3.8, 4) is 5.75 Å². The van der Waals surface area contributed by atoms with Gasteiger partial charge in [0.25, 0.3) is 0 Å². The van der Waals surface area contributed by atoms with Crippen LogP contribution in [0, 0.1) is 13.8 Å². The highest BCUT2D eigenvalue weighted by atomic mass is 16.5. The number of hydrogen-bond acceptors (Lipinski definition) is 3. The third-order valence-electron chi connectivity index (χ3n) is 3.88. The number of nitrogens with zero attached hydrogens (tertiary/aromatic N) is 1. The number of aryl methyl sites for hydroxylation is 3. The van der Waals surface area contributed by atoms with Gasteiger partial charge in [0.2, 0.25) is 0 Å². The zero-order valence-electron chi connectivity index (χ0n) is 12.4. The number of rotatable bonds is 5. The van der Waals surface area contributed by atoms with Crippen molar-refractivity contribution in [2.75, 3.05) is 40.0 Å². The maximum atomic E-state index is 5.37. The Labute approximate surface area is 116 Å². The van der Waals surface area contributed by atoms with E-state index in [1.54, 1.807) is 7.11 Å². The topological polar surface area (TPSA) is 21.7 Å². The first-order chi connectivity index (χ1) is 9.20. The van der Waals surface area contributed by atoms with Crippen molar-refractivity contribution in [1.82, 2.24) is 4.90 Å². The molecule has 0 atom stereocenters. The first kappa shape index (κ1) is 14.4. The summed E-state index contributed by atoms with van der Waals surface area (Å²) >= 11 is 0. The van der Waals surface area contributed by atoms with Crippen molar-refractivity contribution in [3.05, 3.63) is 28.8 Å². The molecule has 1 heterocycles. The van der Waals surface area contributed by atoms with E-state index in [2.05, 4.69) is 30.9 Å². The first-order valence-electron chi connectivity index (χ1n) is 7.15. The molecule has 106 valence electrons. The van der Waals surface area contributed by atoms with Crippen molar-refractivity contribution >= 4 is 0 Å². The van der Waals surface area contributed by atoms with E-state index >= 15 is 0 Å². The quantitative estimate of drug-likeness (QED) is 0.815. The van der Waals surface area contributed by atoms with Crippen LogP contribution in [0.3, 0.4) is 0 Å². The van der Waals surface area contributed by atoms with Crippen LogP contribution < -0.4 is 4.74 Å². The number of methoxy groups -OCH3 is 1. The fourth-order valence-corrected chi connectivity index (χ4v) is 2.66. The summed E-state index contributed by atoms with van der Waals surface area (Å²) < 4.78 is 10.7. The minimum Gasteiger partial charge on any atom is -0.496 e. The molecule has 1 aliphatic rings. The lowest BCUT2D eigenvalue weighted by Gasteiger charge is -2.26. The van der Waals surface area contributed by atoms with Crippen LogP contribution in [0.2, 0.25) is 0 Å². The van der Waals surface area contributed by atoms with Crippen molar-refractivity contribution in [3.63, 3.8) is 0 Å². The van der Waals surface area contributed by atoms with Gasteiger partial charge in [-0.05, 0) is 56.0 Å². The molecule has 0 bridgehead atoms. The number of morpholine rings is 1. The van der Waals surface area contributed by atoms with Crippen molar-refractivity contribution in [1.29, 1.82) is 0 Å². The SMILES string of the molecule is COc1cc(C)c(CCCN2CCOCC2)cc1C. The third-order valence-corrected chi connectivity index (χ3v) is 3.88. The van der Waals surface area contributed by atoms with E-state index in [1.165, 1.54) is 29.7 Å². The van der Waals surface area contributed by atoms with E-state index in [-0.39, 0.29) is 0 Å². The molecule has 0 amide bonds. The van der Waals surface area contributed by atoms with Gasteiger partial charge in [-0.3, -0.25) is 4.90 Å². The second-order valence-corrected chi connectivity index (χ2v) is 5.31. The second-order valence-electron chi connectivity index (χ2n) is 5.31. The largest absolute Gasteiger partial charge is 0.496 e. The van der Waals surface area contributed by atoms with Crippen LogP contribution in [0.25, 0.3) is 0 Å². The van der Waals surface area contributed by atoms with Gasteiger partial charge >= 0.3 is 0 Å². The standard InChI is InChI=1S/C16H25NO2/c1-13-12-16(18-3)14(2)11-15(13)5-4-6-17-7-9-19-10-8-17/h11-12H,4-10H2,1-3H3. The van der Waals surface area contributed by atoms with E-state index < -0.39 is 0 Å². The molecule has 0 spiro atoms. The van der Waals surface area contributed by atoms with Gasteiger partial charge in [0, 0.05) is 13.1 Å². The number of hydrogen-bond donors (Lipinski definition) is 0. The van der Waals surface area contributed by atoms with Gasteiger partial charge in [0.05, 0.1) is 20.3 Å². The average molecular weight is 263 g/mol. The zero-order valence-corrected chi connectivity index (χ0v) is 12.4. The first-order valence-corrected chi connectivity index (χ1v) is 7.15. The summed E-state index contributed by atoms with van der Waals surface area (Å²) in [5.74, 6) is 0.995. The minimum absolute atomic E-state index is 0.890. The summed E-state index contributed by atoms with van der Waals surface area (Å²) in [5.41, 5.74) is 4.02. The van der Waals surface area contributed by atoms with Crippen molar-refractivity contribution < 1.29 is 9.47 Å². The smallest absolute Gasteiger partial charge is 0.122 e. The number of benzene rings is 1. The molecule has 0 aliphatic carbocycles. The van der Waals surface area contributed by atoms with Crippen LogP contribution in [0.1, 0.15) is 23.1 Å². The van der Waals surface area contributed by atoms with Gasteiger partial charge in [0.1, 0.15) is 5.75 Å². The lowest BCUT2D eigenvalue weighted by atomic mass is 10.0. The molecular weight excluding hydrogens is 238 g/mol. The summed E-state index contributed by atoms with van der Waals surface area (Å²) in [7, 11) is 1.74. The molecular formula is C16H25NO2. The monoisotopic (exact) mass is 263 g/mol. The Kier molecular flexibility index (Phi) is 5.23. The van der Waals surface area contributed by atoms with Crippen LogP contribution in [0.15, 0.2) is 12.1 Å². The fraction of sp³-hybridized carbons (Fsp3) is 0.625. The number of ether oxygens (including phenoxy) is 2. The molecule has 0 aromatic heterocycles. The lowest BCUT2D eigenvalue weighted by Crippen LogP contribution is -2.36. The Bertz CT molecular complexity index is 411. The summed E-state index contributed by atoms with van der Waals surface area (Å²) in [5, 5.41) is 0. The maximum Gasteiger partial charge on any atom is 0.122 e. The van der Waals surface area contributed by atoms with Gasteiger partial charge < -0.3 is 9.47 Å². The Morgan fingerprint density at radius 3 is 2.58 bits per heavy atom. The minimum atomic E-state index is 0.890. The van der Waals surface area contributed by atoms with Crippen LogP contribution in [0.4, 0.5) is 0 Å². The highest BCUT2D eigenvalue weighted by Gasteiger charge is 2.10. The fourth-order valence-electron chi connectivity index (χ4n) is 2.66. The molecule has 1 aromatic rings. The van der Waals surface area contributed by atoms with Crippen molar-refractivity contribution in [2.45, 2.75) is 26.7 Å². The molecule has 0 radical (unpaired) electrons. The predicted octanol–water partition coefficient (Wildman–Crippen LogP) is 2.58. The van der Waals surface area contributed by atoms with Gasteiger partial charge in [-0.2, -0.15) is 0 Å². The maximum absolute atomic E-state index is 5.37. The van der Waals surface area contributed by atoms with Gasteiger partial charge in [0.15, 0.2) is 0 Å². The molecule has 0 saturated carbocycles. The molecule has 1 aromatic carbocycles. The van der Waals surface area contributed by atoms with Crippen molar-refractivity contribution in [2.24, 2.45) is 0 Å². The molecule has 1 aliphatic heterocycles. The molecule has 0 unspecified atom stereocenters. The third kappa shape index (κ3) is 3.95. The predicted molar refractivity (Wildman–Crippen MR) is 78.0 cm³/mol. The molecule has 1 fully saturated rings. The summed E-state index contributed by atoms with van der Waals surface area (Å²) in [6.07, 6.45) is 2.36. The Morgan fingerprint density at radius 2 is 1.89 bits per heavy atom. The zero-order chi connectivity index (χ0) is 13.7. The van der Waals surface area contributed by atoms with Gasteiger partial charge in [-0.15, -0.1) is 0 Å². The van der Waals surface area contributed by atoms with Crippen LogP contribution in [-0.4, -0.2) is 44.9 Å². The van der Waals surface area contributed by atoms with Crippen LogP contribution in [0.5, 0.6) is 5.75 Å². The molecule has 19 heavy (non-hydrogen) atoms.